The number of nitrogens with one attached hydrogen (secondary N) is 1. The molecule has 146 valence electrons. The summed E-state index contributed by atoms with van der Waals surface area (Å²) < 4.78 is 5.96. The number of benzene rings is 3. The zero-order valence-electron chi connectivity index (χ0n) is 16.3. The first kappa shape index (κ1) is 18.8. The highest BCUT2D eigenvalue weighted by Crippen LogP contribution is 2.34. The molecule has 1 heterocycles. The second kappa shape index (κ2) is 8.23. The monoisotopic (exact) mass is 385 g/mol. The second-order valence-corrected chi connectivity index (χ2v) is 7.04. The number of hydrogen-bond donors (Lipinski definition) is 2. The fourth-order valence-corrected chi connectivity index (χ4v) is 3.69. The molecular weight excluding hydrogens is 362 g/mol. The first-order valence-corrected chi connectivity index (χ1v) is 9.77. The van der Waals surface area contributed by atoms with Crippen molar-refractivity contribution in [3.05, 3.63) is 89.5 Å². The number of aromatic nitrogens is 1. The Balaban J connectivity index is 1.73. The Hall–Kier alpha value is -3.53. The molecule has 0 radical (unpaired) electrons. The minimum Gasteiger partial charge on any atom is -0.489 e. The molecule has 0 aliphatic rings. The highest BCUT2D eigenvalue weighted by Gasteiger charge is 2.17. The fourth-order valence-electron chi connectivity index (χ4n) is 3.69. The number of H-pyrrole nitrogens is 1. The number of hydrogen-bond acceptors (Lipinski definition) is 2. The summed E-state index contributed by atoms with van der Waals surface area (Å²) in [5.74, 6) is -0.0902. The van der Waals surface area contributed by atoms with Crippen molar-refractivity contribution in [2.75, 3.05) is 0 Å². The van der Waals surface area contributed by atoms with E-state index in [0.29, 0.717) is 6.61 Å². The van der Waals surface area contributed by atoms with E-state index in [1.54, 1.807) is 0 Å². The van der Waals surface area contributed by atoms with E-state index in [0.717, 1.165) is 45.5 Å². The van der Waals surface area contributed by atoms with Crippen molar-refractivity contribution in [3.8, 4) is 17.0 Å². The predicted octanol–water partition coefficient (Wildman–Crippen LogP) is 5.60. The average Bonchev–Trinajstić information content (AvgIpc) is 3.11. The molecule has 0 unspecified atom stereocenters. The molecule has 0 atom stereocenters. The van der Waals surface area contributed by atoms with Gasteiger partial charge in [0.15, 0.2) is 0 Å². The van der Waals surface area contributed by atoms with Crippen LogP contribution in [-0.2, 0) is 24.2 Å². The molecule has 4 rings (SSSR count). The van der Waals surface area contributed by atoms with Crippen molar-refractivity contribution in [3.63, 3.8) is 0 Å². The molecule has 4 aromatic rings. The minimum atomic E-state index is -0.842. The van der Waals surface area contributed by atoms with Crippen LogP contribution in [0.25, 0.3) is 22.2 Å². The fraction of sp³-hybridized carbons (Fsp3) is 0.160. The largest absolute Gasteiger partial charge is 0.489 e. The number of carboxylic acid groups (broad SMARTS) is 1. The van der Waals surface area contributed by atoms with Crippen LogP contribution in [0, 0.1) is 0 Å². The Labute approximate surface area is 169 Å². The van der Waals surface area contributed by atoms with Crippen LogP contribution < -0.4 is 4.74 Å². The third-order valence-electron chi connectivity index (χ3n) is 5.11. The summed E-state index contributed by atoms with van der Waals surface area (Å²) in [6.45, 7) is 2.59. The number of fused-ring (bicyclic) bond motifs is 1. The molecule has 0 bridgehead atoms. The van der Waals surface area contributed by atoms with Gasteiger partial charge in [0.1, 0.15) is 12.4 Å². The lowest BCUT2D eigenvalue weighted by atomic mass is 10.0. The summed E-state index contributed by atoms with van der Waals surface area (Å²) in [5, 5.41) is 10.4. The van der Waals surface area contributed by atoms with Gasteiger partial charge in [-0.2, -0.15) is 0 Å². The molecule has 0 aliphatic heterocycles. The van der Waals surface area contributed by atoms with Gasteiger partial charge in [0, 0.05) is 16.5 Å². The molecule has 29 heavy (non-hydrogen) atoms. The molecule has 3 aromatic carbocycles. The summed E-state index contributed by atoms with van der Waals surface area (Å²) in [7, 11) is 0. The molecule has 0 aliphatic carbocycles. The standard InChI is InChI=1S/C25H23NO3/c1-2-18-10-7-13-21-22(15-23(27)28)25(26-24(18)21)19-11-6-12-20(14-19)29-16-17-8-4-3-5-9-17/h3-14,26H,2,15-16H2,1H3,(H,27,28). The second-order valence-electron chi connectivity index (χ2n) is 7.04. The molecule has 4 heteroatoms. The number of aryl methyl sites for hydroxylation is 1. The normalized spacial score (nSPS) is 10.9. The average molecular weight is 385 g/mol. The van der Waals surface area contributed by atoms with Gasteiger partial charge >= 0.3 is 5.97 Å². The number of aromatic amines is 1. The zero-order chi connectivity index (χ0) is 20.2. The van der Waals surface area contributed by atoms with Crippen LogP contribution >= 0.6 is 0 Å². The highest BCUT2D eigenvalue weighted by atomic mass is 16.5. The van der Waals surface area contributed by atoms with Gasteiger partial charge in [-0.05, 0) is 35.2 Å². The van der Waals surface area contributed by atoms with Crippen molar-refractivity contribution in [2.24, 2.45) is 0 Å². The molecule has 4 nitrogen and oxygen atoms in total. The predicted molar refractivity (Wildman–Crippen MR) is 115 cm³/mol. The van der Waals surface area contributed by atoms with E-state index in [-0.39, 0.29) is 6.42 Å². The summed E-state index contributed by atoms with van der Waals surface area (Å²) in [5.41, 5.74) is 5.86. The number of rotatable bonds is 7. The number of ether oxygens (including phenoxy) is 1. The maximum absolute atomic E-state index is 11.5. The van der Waals surface area contributed by atoms with Gasteiger partial charge in [-0.25, -0.2) is 0 Å². The van der Waals surface area contributed by atoms with Gasteiger partial charge in [-0.1, -0.05) is 67.6 Å². The molecule has 2 N–H and O–H groups in total. The number of carboxylic acids is 1. The van der Waals surface area contributed by atoms with E-state index in [2.05, 4.69) is 18.0 Å². The van der Waals surface area contributed by atoms with Crippen LogP contribution in [0.5, 0.6) is 5.75 Å². The van der Waals surface area contributed by atoms with E-state index in [9.17, 15) is 9.90 Å². The zero-order valence-corrected chi connectivity index (χ0v) is 16.3. The summed E-state index contributed by atoms with van der Waals surface area (Å²) >= 11 is 0. The first-order valence-electron chi connectivity index (χ1n) is 9.77. The van der Waals surface area contributed by atoms with Gasteiger partial charge in [-0.15, -0.1) is 0 Å². The van der Waals surface area contributed by atoms with Gasteiger partial charge in [0.2, 0.25) is 0 Å². The Kier molecular flexibility index (Phi) is 5.34. The summed E-state index contributed by atoms with van der Waals surface area (Å²) in [6, 6.07) is 23.9. The lowest BCUT2D eigenvalue weighted by Gasteiger charge is -2.09. The third-order valence-corrected chi connectivity index (χ3v) is 5.11. The van der Waals surface area contributed by atoms with Crippen molar-refractivity contribution >= 4 is 16.9 Å². The molecule has 1 aromatic heterocycles. The van der Waals surface area contributed by atoms with Gasteiger partial charge in [0.25, 0.3) is 0 Å². The van der Waals surface area contributed by atoms with Crippen molar-refractivity contribution in [1.82, 2.24) is 4.98 Å². The molecule has 0 fully saturated rings. The minimum absolute atomic E-state index is 0.0302. The number of para-hydroxylation sites is 1. The molecule has 0 saturated heterocycles. The Bertz CT molecular complexity index is 1150. The maximum atomic E-state index is 11.5. The topological polar surface area (TPSA) is 62.3 Å². The SMILES string of the molecule is CCc1cccc2c(CC(=O)O)c(-c3cccc(OCc4ccccc4)c3)[nH]c12. The van der Waals surface area contributed by atoms with Crippen molar-refractivity contribution < 1.29 is 14.6 Å². The summed E-state index contributed by atoms with van der Waals surface area (Å²) in [4.78, 5) is 15.0. The van der Waals surface area contributed by atoms with Crippen LogP contribution in [0.2, 0.25) is 0 Å². The van der Waals surface area contributed by atoms with E-state index in [4.69, 9.17) is 4.74 Å². The van der Waals surface area contributed by atoms with Crippen LogP contribution in [0.4, 0.5) is 0 Å². The van der Waals surface area contributed by atoms with Crippen molar-refractivity contribution in [1.29, 1.82) is 0 Å². The van der Waals surface area contributed by atoms with Crippen LogP contribution in [-0.4, -0.2) is 16.1 Å². The number of carbonyl (C=O) groups is 1. The Morgan fingerprint density at radius 3 is 2.55 bits per heavy atom. The first-order chi connectivity index (χ1) is 14.2. The van der Waals surface area contributed by atoms with Crippen LogP contribution in [0.15, 0.2) is 72.8 Å². The lowest BCUT2D eigenvalue weighted by molar-refractivity contribution is -0.136. The van der Waals surface area contributed by atoms with E-state index >= 15 is 0 Å². The van der Waals surface area contributed by atoms with Gasteiger partial charge in [0.05, 0.1) is 12.1 Å². The van der Waals surface area contributed by atoms with Crippen molar-refractivity contribution in [2.45, 2.75) is 26.4 Å². The highest BCUT2D eigenvalue weighted by molar-refractivity contribution is 5.95. The van der Waals surface area contributed by atoms with E-state index < -0.39 is 5.97 Å². The molecule has 0 amide bonds. The number of aliphatic carboxylic acids is 1. The lowest BCUT2D eigenvalue weighted by Crippen LogP contribution is -2.01. The Morgan fingerprint density at radius 1 is 1.00 bits per heavy atom. The van der Waals surface area contributed by atoms with Crippen LogP contribution in [0.3, 0.4) is 0 Å². The third kappa shape index (κ3) is 4.02. The summed E-state index contributed by atoms with van der Waals surface area (Å²) in [6.07, 6.45) is 0.849. The quantitative estimate of drug-likeness (QED) is 0.435. The smallest absolute Gasteiger partial charge is 0.307 e. The van der Waals surface area contributed by atoms with E-state index in [1.807, 2.05) is 66.7 Å². The molecule has 0 spiro atoms. The van der Waals surface area contributed by atoms with E-state index in [1.165, 1.54) is 5.56 Å². The molecule has 0 saturated carbocycles. The Morgan fingerprint density at radius 2 is 1.79 bits per heavy atom. The maximum Gasteiger partial charge on any atom is 0.307 e. The van der Waals surface area contributed by atoms with Gasteiger partial charge in [-0.3, -0.25) is 4.79 Å². The van der Waals surface area contributed by atoms with Gasteiger partial charge < -0.3 is 14.8 Å². The van der Waals surface area contributed by atoms with Crippen LogP contribution in [0.1, 0.15) is 23.6 Å². The molecular formula is C25H23NO3.